The molecule has 0 bridgehead atoms. The van der Waals surface area contributed by atoms with Gasteiger partial charge in [-0.1, -0.05) is 30.3 Å². The van der Waals surface area contributed by atoms with Crippen LogP contribution in [0.2, 0.25) is 0 Å². The molecule has 2 rings (SSSR count). The molecule has 0 atom stereocenters. The highest BCUT2D eigenvalue weighted by molar-refractivity contribution is 5.95. The van der Waals surface area contributed by atoms with E-state index in [1.807, 2.05) is 0 Å². The summed E-state index contributed by atoms with van der Waals surface area (Å²) in [4.78, 5) is 33.9. The number of ether oxygens (including phenoxy) is 2. The number of allylic oxidation sites excluding steroid dienone is 1. The summed E-state index contributed by atoms with van der Waals surface area (Å²) in [5.41, 5.74) is 0.717. The third-order valence-electron chi connectivity index (χ3n) is 2.84. The standard InChI is InChI=1S/C18H14O5/c1-13(20)22-17-11-5-3-9-15(17)18(21)23-16-10-4-2-7-14(16)8-6-12-19/h2-12H,1H3/b8-6+. The molecule has 0 radical (unpaired) electrons. The maximum atomic E-state index is 12.3. The molecule has 0 fully saturated rings. The van der Waals surface area contributed by atoms with Crippen LogP contribution in [-0.2, 0) is 9.59 Å². The Morgan fingerprint density at radius 1 is 0.913 bits per heavy atom. The second-order valence-corrected chi connectivity index (χ2v) is 4.51. The SMILES string of the molecule is CC(=O)Oc1ccccc1C(=O)Oc1ccccc1/C=C/C=O. The molecule has 23 heavy (non-hydrogen) atoms. The lowest BCUT2D eigenvalue weighted by Crippen LogP contribution is -2.13. The molecule has 0 aromatic heterocycles. The van der Waals surface area contributed by atoms with Gasteiger partial charge in [0.05, 0.1) is 0 Å². The summed E-state index contributed by atoms with van der Waals surface area (Å²) in [6.45, 7) is 1.25. The van der Waals surface area contributed by atoms with Crippen molar-refractivity contribution >= 4 is 24.3 Å². The minimum Gasteiger partial charge on any atom is -0.426 e. The molecule has 0 aliphatic heterocycles. The first-order chi connectivity index (χ1) is 11.1. The Labute approximate surface area is 133 Å². The van der Waals surface area contributed by atoms with Crippen LogP contribution in [0.5, 0.6) is 11.5 Å². The first-order valence-electron chi connectivity index (χ1n) is 6.82. The number of para-hydroxylation sites is 2. The van der Waals surface area contributed by atoms with E-state index >= 15 is 0 Å². The van der Waals surface area contributed by atoms with E-state index in [4.69, 9.17) is 9.47 Å². The molecule has 0 unspecified atom stereocenters. The zero-order chi connectivity index (χ0) is 16.7. The summed E-state index contributed by atoms with van der Waals surface area (Å²) in [5, 5.41) is 0. The fourth-order valence-electron chi connectivity index (χ4n) is 1.89. The maximum Gasteiger partial charge on any atom is 0.347 e. The molecule has 0 spiro atoms. The lowest BCUT2D eigenvalue weighted by molar-refractivity contribution is -0.131. The van der Waals surface area contributed by atoms with Crippen molar-refractivity contribution in [3.8, 4) is 11.5 Å². The molecule has 0 amide bonds. The number of hydrogen-bond donors (Lipinski definition) is 0. The summed E-state index contributed by atoms with van der Waals surface area (Å²) in [5.74, 6) is -0.757. The monoisotopic (exact) mass is 310 g/mol. The molecule has 0 aliphatic carbocycles. The van der Waals surface area contributed by atoms with E-state index in [9.17, 15) is 14.4 Å². The van der Waals surface area contributed by atoms with Crippen LogP contribution in [0, 0.1) is 0 Å². The number of carbonyl (C=O) groups excluding carboxylic acids is 3. The molecule has 0 saturated heterocycles. The van der Waals surface area contributed by atoms with E-state index in [0.29, 0.717) is 17.6 Å². The molecule has 5 nitrogen and oxygen atoms in total. The first kappa shape index (κ1) is 16.2. The zero-order valence-corrected chi connectivity index (χ0v) is 12.4. The summed E-state index contributed by atoms with van der Waals surface area (Å²) >= 11 is 0. The van der Waals surface area contributed by atoms with Crippen LogP contribution in [0.3, 0.4) is 0 Å². The molecule has 0 N–H and O–H groups in total. The summed E-state index contributed by atoms with van der Waals surface area (Å²) in [7, 11) is 0. The van der Waals surface area contributed by atoms with Crippen LogP contribution in [0.15, 0.2) is 54.6 Å². The number of hydrogen-bond acceptors (Lipinski definition) is 5. The number of benzene rings is 2. The van der Waals surface area contributed by atoms with Crippen molar-refractivity contribution in [2.45, 2.75) is 6.92 Å². The van der Waals surface area contributed by atoms with Crippen LogP contribution in [0.1, 0.15) is 22.8 Å². The average Bonchev–Trinajstić information content (AvgIpc) is 2.54. The van der Waals surface area contributed by atoms with E-state index in [-0.39, 0.29) is 11.3 Å². The molecule has 2 aromatic carbocycles. The molecule has 0 heterocycles. The number of rotatable bonds is 5. The van der Waals surface area contributed by atoms with Gasteiger partial charge in [-0.15, -0.1) is 0 Å². The lowest BCUT2D eigenvalue weighted by atomic mass is 10.1. The van der Waals surface area contributed by atoms with Crippen molar-refractivity contribution in [1.82, 2.24) is 0 Å². The van der Waals surface area contributed by atoms with Gasteiger partial charge < -0.3 is 9.47 Å². The van der Waals surface area contributed by atoms with Crippen molar-refractivity contribution in [3.63, 3.8) is 0 Å². The highest BCUT2D eigenvalue weighted by atomic mass is 16.5. The Bertz CT molecular complexity index is 762. The van der Waals surface area contributed by atoms with Crippen LogP contribution in [-0.4, -0.2) is 18.2 Å². The summed E-state index contributed by atoms with van der Waals surface area (Å²) in [6, 6.07) is 13.1. The van der Waals surface area contributed by atoms with Crippen molar-refractivity contribution in [3.05, 3.63) is 65.7 Å². The van der Waals surface area contributed by atoms with E-state index in [2.05, 4.69) is 0 Å². The second kappa shape index (κ2) is 7.70. The van der Waals surface area contributed by atoms with Gasteiger partial charge in [0.25, 0.3) is 0 Å². The smallest absolute Gasteiger partial charge is 0.347 e. The minimum atomic E-state index is -0.659. The summed E-state index contributed by atoms with van der Waals surface area (Å²) in [6.07, 6.45) is 3.47. The highest BCUT2D eigenvalue weighted by Gasteiger charge is 2.16. The third kappa shape index (κ3) is 4.38. The Morgan fingerprint density at radius 3 is 2.26 bits per heavy atom. The maximum absolute atomic E-state index is 12.3. The zero-order valence-electron chi connectivity index (χ0n) is 12.4. The van der Waals surface area contributed by atoms with E-state index < -0.39 is 11.9 Å². The van der Waals surface area contributed by atoms with Crippen LogP contribution < -0.4 is 9.47 Å². The Morgan fingerprint density at radius 2 is 1.57 bits per heavy atom. The molecule has 0 saturated carbocycles. The van der Waals surface area contributed by atoms with Gasteiger partial charge in [-0.25, -0.2) is 4.79 Å². The van der Waals surface area contributed by atoms with Crippen LogP contribution in [0.4, 0.5) is 0 Å². The number of carbonyl (C=O) groups is 3. The molecular weight excluding hydrogens is 296 g/mol. The van der Waals surface area contributed by atoms with Crippen molar-refractivity contribution in [1.29, 1.82) is 0 Å². The molecule has 116 valence electrons. The number of aldehydes is 1. The van der Waals surface area contributed by atoms with Gasteiger partial charge in [0, 0.05) is 12.5 Å². The number of esters is 2. The van der Waals surface area contributed by atoms with E-state index in [1.165, 1.54) is 31.2 Å². The Kier molecular flexibility index (Phi) is 5.41. The minimum absolute atomic E-state index is 0.130. The molecule has 5 heteroatoms. The van der Waals surface area contributed by atoms with Crippen molar-refractivity contribution in [2.75, 3.05) is 0 Å². The van der Waals surface area contributed by atoms with Crippen molar-refractivity contribution in [2.24, 2.45) is 0 Å². The average molecular weight is 310 g/mol. The van der Waals surface area contributed by atoms with E-state index in [1.54, 1.807) is 36.4 Å². The molecule has 0 aliphatic rings. The van der Waals surface area contributed by atoms with Gasteiger partial charge in [0.1, 0.15) is 23.3 Å². The lowest BCUT2D eigenvalue weighted by Gasteiger charge is -2.10. The largest absolute Gasteiger partial charge is 0.426 e. The van der Waals surface area contributed by atoms with Gasteiger partial charge >= 0.3 is 11.9 Å². The molecular formula is C18H14O5. The van der Waals surface area contributed by atoms with Gasteiger partial charge in [0.15, 0.2) is 0 Å². The second-order valence-electron chi connectivity index (χ2n) is 4.51. The fraction of sp³-hybridized carbons (Fsp3) is 0.0556. The van der Waals surface area contributed by atoms with Crippen LogP contribution in [0.25, 0.3) is 6.08 Å². The van der Waals surface area contributed by atoms with Crippen LogP contribution >= 0.6 is 0 Å². The van der Waals surface area contributed by atoms with E-state index in [0.717, 1.165) is 0 Å². The highest BCUT2D eigenvalue weighted by Crippen LogP contribution is 2.24. The van der Waals surface area contributed by atoms with Gasteiger partial charge in [-0.3, -0.25) is 9.59 Å². The normalized spacial score (nSPS) is 10.3. The fourth-order valence-corrected chi connectivity index (χ4v) is 1.89. The predicted molar refractivity (Wildman–Crippen MR) is 84.2 cm³/mol. The van der Waals surface area contributed by atoms with Gasteiger partial charge in [0.2, 0.25) is 0 Å². The summed E-state index contributed by atoms with van der Waals surface area (Å²) < 4.78 is 10.4. The van der Waals surface area contributed by atoms with Gasteiger partial charge in [-0.2, -0.15) is 0 Å². The Balaban J connectivity index is 2.28. The van der Waals surface area contributed by atoms with Gasteiger partial charge in [-0.05, 0) is 30.4 Å². The quantitative estimate of drug-likeness (QED) is 0.367. The predicted octanol–water partition coefficient (Wildman–Crippen LogP) is 3.04. The van der Waals surface area contributed by atoms with Crippen molar-refractivity contribution < 1.29 is 23.9 Å². The Hall–Kier alpha value is -3.21. The third-order valence-corrected chi connectivity index (χ3v) is 2.84. The molecule has 2 aromatic rings. The topological polar surface area (TPSA) is 69.7 Å². The first-order valence-corrected chi connectivity index (χ1v) is 6.82.